The molecule has 0 aliphatic heterocycles. The summed E-state index contributed by atoms with van der Waals surface area (Å²) >= 11 is 0. The van der Waals surface area contributed by atoms with Gasteiger partial charge >= 0.3 is 5.97 Å². The molecule has 0 rings (SSSR count). The van der Waals surface area contributed by atoms with E-state index in [1.807, 2.05) is 0 Å². The zero-order chi connectivity index (χ0) is 8.69. The number of nitroso groups, excluding NO2 is 1. The van der Waals surface area contributed by atoms with E-state index in [0.29, 0.717) is 6.42 Å². The van der Waals surface area contributed by atoms with Gasteiger partial charge in [-0.2, -0.15) is 4.91 Å². The second-order valence-corrected chi connectivity index (χ2v) is 2.11. The van der Waals surface area contributed by atoms with Crippen molar-refractivity contribution < 1.29 is 9.53 Å². The van der Waals surface area contributed by atoms with Gasteiger partial charge in [-0.3, -0.25) is 4.79 Å². The van der Waals surface area contributed by atoms with E-state index in [1.54, 1.807) is 0 Å². The van der Waals surface area contributed by atoms with Crippen LogP contribution in [0.4, 0.5) is 0 Å². The van der Waals surface area contributed by atoms with E-state index in [1.165, 1.54) is 7.11 Å². The Hall–Kier alpha value is -0.970. The van der Waals surface area contributed by atoms with Crippen LogP contribution >= 0.6 is 0 Å². The summed E-state index contributed by atoms with van der Waals surface area (Å²) in [6.07, 6.45) is 0.566. The smallest absolute Gasteiger partial charge is 0.305 e. The zero-order valence-corrected chi connectivity index (χ0v) is 6.45. The number of nitrogens with two attached hydrogens (primary N) is 1. The predicted octanol–water partition coefficient (Wildman–Crippen LogP) is 0.0333. The van der Waals surface area contributed by atoms with Crippen molar-refractivity contribution in [1.29, 1.82) is 0 Å². The lowest BCUT2D eigenvalue weighted by Crippen LogP contribution is -2.18. The highest BCUT2D eigenvalue weighted by molar-refractivity contribution is 5.69. The van der Waals surface area contributed by atoms with Crippen molar-refractivity contribution in [2.24, 2.45) is 10.9 Å². The van der Waals surface area contributed by atoms with Gasteiger partial charge < -0.3 is 10.5 Å². The lowest BCUT2D eigenvalue weighted by Gasteiger charge is -2.03. The van der Waals surface area contributed by atoms with Crippen molar-refractivity contribution in [2.45, 2.75) is 18.9 Å². The summed E-state index contributed by atoms with van der Waals surface area (Å²) in [5, 5.41) is 2.73. The molecule has 0 amide bonds. The Morgan fingerprint density at radius 1 is 1.73 bits per heavy atom. The Bertz CT molecular complexity index is 138. The largest absolute Gasteiger partial charge is 0.469 e. The fraction of sp³-hybridized carbons (Fsp3) is 0.833. The van der Waals surface area contributed by atoms with Crippen LogP contribution in [0.3, 0.4) is 0 Å². The second kappa shape index (κ2) is 5.79. The van der Waals surface area contributed by atoms with Crippen molar-refractivity contribution in [1.82, 2.24) is 0 Å². The fourth-order valence-corrected chi connectivity index (χ4v) is 0.600. The molecule has 11 heavy (non-hydrogen) atoms. The number of rotatable bonds is 5. The van der Waals surface area contributed by atoms with Gasteiger partial charge in [0.25, 0.3) is 0 Å². The fourth-order valence-electron chi connectivity index (χ4n) is 0.600. The van der Waals surface area contributed by atoms with Gasteiger partial charge in [-0.1, -0.05) is 5.18 Å². The Morgan fingerprint density at radius 3 is 2.73 bits per heavy atom. The van der Waals surface area contributed by atoms with Gasteiger partial charge in [0.05, 0.1) is 7.11 Å². The van der Waals surface area contributed by atoms with E-state index in [-0.39, 0.29) is 18.9 Å². The van der Waals surface area contributed by atoms with Gasteiger partial charge in [0, 0.05) is 13.0 Å². The number of esters is 1. The Labute approximate surface area is 64.9 Å². The van der Waals surface area contributed by atoms with E-state index >= 15 is 0 Å². The Kier molecular flexibility index (Phi) is 5.28. The van der Waals surface area contributed by atoms with Crippen LogP contribution in [-0.2, 0) is 9.53 Å². The molecule has 0 aliphatic rings. The average molecular weight is 160 g/mol. The molecule has 0 radical (unpaired) electrons. The molecule has 64 valence electrons. The Morgan fingerprint density at radius 2 is 2.36 bits per heavy atom. The number of carbonyl (C=O) groups is 1. The first-order valence-electron chi connectivity index (χ1n) is 3.34. The number of methoxy groups -OCH3 is 1. The molecule has 0 aliphatic carbocycles. The molecule has 0 aromatic heterocycles. The van der Waals surface area contributed by atoms with Crippen molar-refractivity contribution in [3.05, 3.63) is 4.91 Å². The summed E-state index contributed by atoms with van der Waals surface area (Å²) in [6, 6.07) is -0.464. The monoisotopic (exact) mass is 160 g/mol. The molecule has 5 heteroatoms. The maximum absolute atomic E-state index is 10.5. The van der Waals surface area contributed by atoms with Gasteiger partial charge in [-0.15, -0.1) is 0 Å². The van der Waals surface area contributed by atoms with Crippen molar-refractivity contribution in [3.63, 3.8) is 0 Å². The molecular formula is C6H12N2O3. The van der Waals surface area contributed by atoms with Gasteiger partial charge in [0.2, 0.25) is 0 Å². The lowest BCUT2D eigenvalue weighted by molar-refractivity contribution is -0.140. The van der Waals surface area contributed by atoms with Crippen molar-refractivity contribution >= 4 is 5.97 Å². The number of nitrogens with zero attached hydrogens (tertiary/aromatic N) is 1. The molecule has 0 aromatic carbocycles. The summed E-state index contributed by atoms with van der Waals surface area (Å²) in [5.41, 5.74) is 5.17. The molecule has 0 heterocycles. The van der Waals surface area contributed by atoms with E-state index in [9.17, 15) is 9.70 Å². The minimum atomic E-state index is -0.464. The molecular weight excluding hydrogens is 148 g/mol. The lowest BCUT2D eigenvalue weighted by atomic mass is 10.2. The third kappa shape index (κ3) is 4.44. The average Bonchev–Trinajstić information content (AvgIpc) is 2.06. The van der Waals surface area contributed by atoms with Crippen LogP contribution in [0.1, 0.15) is 12.8 Å². The summed E-state index contributed by atoms with van der Waals surface area (Å²) in [7, 11) is 1.30. The van der Waals surface area contributed by atoms with Crippen LogP contribution < -0.4 is 5.73 Å². The van der Waals surface area contributed by atoms with Crippen LogP contribution in [0, 0.1) is 4.91 Å². The molecule has 0 saturated carbocycles. The maximum Gasteiger partial charge on any atom is 0.305 e. The van der Waals surface area contributed by atoms with E-state index < -0.39 is 6.04 Å². The molecule has 0 aromatic rings. The second-order valence-electron chi connectivity index (χ2n) is 2.11. The van der Waals surface area contributed by atoms with Gasteiger partial charge in [0.15, 0.2) is 0 Å². The number of hydrogen-bond acceptors (Lipinski definition) is 5. The first-order chi connectivity index (χ1) is 5.24. The van der Waals surface area contributed by atoms with Gasteiger partial charge in [-0.05, 0) is 6.42 Å². The van der Waals surface area contributed by atoms with E-state index in [4.69, 9.17) is 5.73 Å². The van der Waals surface area contributed by atoms with E-state index in [2.05, 4.69) is 9.91 Å². The minimum Gasteiger partial charge on any atom is -0.469 e. The highest BCUT2D eigenvalue weighted by Gasteiger charge is 2.08. The summed E-state index contributed by atoms with van der Waals surface area (Å²) in [4.78, 5) is 20.5. The SMILES string of the molecule is COC(=O)CCC(CN)N=O. The van der Waals surface area contributed by atoms with Crippen LogP contribution in [0.15, 0.2) is 5.18 Å². The minimum absolute atomic E-state index is 0.181. The summed E-state index contributed by atoms with van der Waals surface area (Å²) in [5.74, 6) is -0.341. The molecule has 5 nitrogen and oxygen atoms in total. The molecule has 0 bridgehead atoms. The number of carbonyl (C=O) groups excluding carboxylic acids is 1. The van der Waals surface area contributed by atoms with Crippen LogP contribution in [-0.4, -0.2) is 25.7 Å². The summed E-state index contributed by atoms with van der Waals surface area (Å²) < 4.78 is 4.37. The topological polar surface area (TPSA) is 81.8 Å². The molecule has 0 spiro atoms. The third-order valence-corrected chi connectivity index (χ3v) is 1.33. The van der Waals surface area contributed by atoms with Crippen LogP contribution in [0.2, 0.25) is 0 Å². The number of hydrogen-bond donors (Lipinski definition) is 1. The Balaban J connectivity index is 3.50. The van der Waals surface area contributed by atoms with Gasteiger partial charge in [0.1, 0.15) is 6.04 Å². The first kappa shape index (κ1) is 10.0. The molecule has 0 saturated heterocycles. The zero-order valence-electron chi connectivity index (χ0n) is 6.45. The molecule has 0 fully saturated rings. The normalized spacial score (nSPS) is 12.2. The number of ether oxygens (including phenoxy) is 1. The van der Waals surface area contributed by atoms with Crippen LogP contribution in [0.25, 0.3) is 0 Å². The maximum atomic E-state index is 10.5. The highest BCUT2D eigenvalue weighted by atomic mass is 16.5. The summed E-state index contributed by atoms with van der Waals surface area (Å²) in [6.45, 7) is 0.181. The highest BCUT2D eigenvalue weighted by Crippen LogP contribution is 2.00. The van der Waals surface area contributed by atoms with Crippen molar-refractivity contribution in [2.75, 3.05) is 13.7 Å². The standard InChI is InChI=1S/C6H12N2O3/c1-11-6(9)3-2-5(4-7)8-10/h5H,2-4,7H2,1H3. The third-order valence-electron chi connectivity index (χ3n) is 1.33. The van der Waals surface area contributed by atoms with Gasteiger partial charge in [-0.25, -0.2) is 0 Å². The molecule has 1 unspecified atom stereocenters. The van der Waals surface area contributed by atoms with E-state index in [0.717, 1.165) is 0 Å². The molecule has 2 N–H and O–H groups in total. The predicted molar refractivity (Wildman–Crippen MR) is 39.9 cm³/mol. The van der Waals surface area contributed by atoms with Crippen molar-refractivity contribution in [3.8, 4) is 0 Å². The quantitative estimate of drug-likeness (QED) is 0.454. The van der Waals surface area contributed by atoms with Crippen LogP contribution in [0.5, 0.6) is 0 Å². The first-order valence-corrected chi connectivity index (χ1v) is 3.34. The molecule has 1 atom stereocenters.